The van der Waals surface area contributed by atoms with E-state index in [-0.39, 0.29) is 0 Å². The van der Waals surface area contributed by atoms with Crippen LogP contribution in [-0.4, -0.2) is 18.6 Å². The summed E-state index contributed by atoms with van der Waals surface area (Å²) in [7, 11) is 1.71. The van der Waals surface area contributed by atoms with E-state index in [1.54, 1.807) is 7.11 Å². The number of benzene rings is 3. The van der Waals surface area contributed by atoms with Gasteiger partial charge in [-0.25, -0.2) is 0 Å². The number of hydrogen-bond acceptors (Lipinski definition) is 2. The largest absolute Gasteiger partial charge is 0.497 e. The number of halogens is 1. The zero-order valence-corrected chi connectivity index (χ0v) is 16.7. The molecule has 0 saturated carbocycles. The maximum atomic E-state index is 5.37. The van der Waals surface area contributed by atoms with E-state index in [4.69, 9.17) is 4.74 Å². The van der Waals surface area contributed by atoms with E-state index in [0.717, 1.165) is 36.3 Å². The van der Waals surface area contributed by atoms with Gasteiger partial charge in [-0.1, -0.05) is 76.6 Å². The first kappa shape index (κ1) is 18.7. The molecule has 3 rings (SSSR count). The highest BCUT2D eigenvalue weighted by Gasteiger charge is 2.10. The van der Waals surface area contributed by atoms with Crippen molar-refractivity contribution in [3.8, 4) is 5.75 Å². The molecule has 3 aromatic carbocycles. The van der Waals surface area contributed by atoms with E-state index in [2.05, 4.69) is 93.6 Å². The summed E-state index contributed by atoms with van der Waals surface area (Å²) in [4.78, 5) is 2.50. The van der Waals surface area contributed by atoms with Crippen molar-refractivity contribution in [2.45, 2.75) is 19.5 Å². The van der Waals surface area contributed by atoms with Crippen LogP contribution in [0, 0.1) is 0 Å². The first-order valence-electron chi connectivity index (χ1n) is 8.87. The molecule has 0 unspecified atom stereocenters. The SMILES string of the molecule is COc1ccc(Br)c(CCN(Cc2ccccc2)Cc2ccccc2)c1. The molecule has 0 aliphatic carbocycles. The Morgan fingerprint density at radius 2 is 1.38 bits per heavy atom. The maximum Gasteiger partial charge on any atom is 0.119 e. The van der Waals surface area contributed by atoms with E-state index in [0.29, 0.717) is 0 Å². The molecule has 0 radical (unpaired) electrons. The minimum absolute atomic E-state index is 0.904. The molecule has 0 bridgehead atoms. The summed E-state index contributed by atoms with van der Waals surface area (Å²) in [6.45, 7) is 2.87. The van der Waals surface area contributed by atoms with Gasteiger partial charge in [0.05, 0.1) is 7.11 Å². The second-order valence-corrected chi connectivity index (χ2v) is 7.24. The molecule has 134 valence electrons. The minimum atomic E-state index is 0.904. The van der Waals surface area contributed by atoms with Gasteiger partial charge in [-0.3, -0.25) is 4.90 Å². The Bertz CT molecular complexity index is 763. The predicted octanol–water partition coefficient (Wildman–Crippen LogP) is 5.70. The lowest BCUT2D eigenvalue weighted by Crippen LogP contribution is -2.25. The number of nitrogens with zero attached hydrogens (tertiary/aromatic N) is 1. The Hall–Kier alpha value is -2.10. The third-order valence-electron chi connectivity index (χ3n) is 4.45. The second kappa shape index (κ2) is 9.56. The molecule has 0 aliphatic rings. The lowest BCUT2D eigenvalue weighted by atomic mass is 10.1. The average molecular weight is 410 g/mol. The Morgan fingerprint density at radius 1 is 0.808 bits per heavy atom. The third kappa shape index (κ3) is 5.45. The van der Waals surface area contributed by atoms with Gasteiger partial charge in [0.2, 0.25) is 0 Å². The number of methoxy groups -OCH3 is 1. The molecular weight excluding hydrogens is 386 g/mol. The van der Waals surface area contributed by atoms with Crippen molar-refractivity contribution in [3.63, 3.8) is 0 Å². The summed E-state index contributed by atoms with van der Waals surface area (Å²) < 4.78 is 6.51. The fraction of sp³-hybridized carbons (Fsp3) is 0.217. The van der Waals surface area contributed by atoms with Crippen LogP contribution in [0.4, 0.5) is 0 Å². The molecule has 0 N–H and O–H groups in total. The molecule has 2 nitrogen and oxygen atoms in total. The molecular formula is C23H24BrNO. The standard InChI is InChI=1S/C23H24BrNO/c1-26-22-12-13-23(24)21(16-22)14-15-25(17-19-8-4-2-5-9-19)18-20-10-6-3-7-11-20/h2-13,16H,14-15,17-18H2,1H3. The van der Waals surface area contributed by atoms with Crippen LogP contribution in [0.5, 0.6) is 5.75 Å². The van der Waals surface area contributed by atoms with E-state index in [9.17, 15) is 0 Å². The molecule has 0 atom stereocenters. The van der Waals surface area contributed by atoms with Crippen molar-refractivity contribution in [3.05, 3.63) is 100 Å². The summed E-state index contributed by atoms with van der Waals surface area (Å²) in [5.74, 6) is 0.904. The lowest BCUT2D eigenvalue weighted by molar-refractivity contribution is 0.260. The lowest BCUT2D eigenvalue weighted by Gasteiger charge is -2.23. The molecule has 0 aliphatic heterocycles. The van der Waals surface area contributed by atoms with Crippen molar-refractivity contribution in [1.82, 2.24) is 4.90 Å². The highest BCUT2D eigenvalue weighted by Crippen LogP contribution is 2.23. The fourth-order valence-electron chi connectivity index (χ4n) is 3.05. The van der Waals surface area contributed by atoms with Crippen LogP contribution in [0.1, 0.15) is 16.7 Å². The number of hydrogen-bond donors (Lipinski definition) is 0. The molecule has 0 fully saturated rings. The van der Waals surface area contributed by atoms with Gasteiger partial charge >= 0.3 is 0 Å². The second-order valence-electron chi connectivity index (χ2n) is 6.39. The van der Waals surface area contributed by atoms with Gasteiger partial charge < -0.3 is 4.74 Å². The minimum Gasteiger partial charge on any atom is -0.497 e. The van der Waals surface area contributed by atoms with Crippen LogP contribution in [-0.2, 0) is 19.5 Å². The third-order valence-corrected chi connectivity index (χ3v) is 5.22. The Morgan fingerprint density at radius 3 is 1.92 bits per heavy atom. The van der Waals surface area contributed by atoms with Crippen LogP contribution in [0.25, 0.3) is 0 Å². The van der Waals surface area contributed by atoms with E-state index in [1.165, 1.54) is 16.7 Å². The van der Waals surface area contributed by atoms with Crippen LogP contribution in [0.2, 0.25) is 0 Å². The summed E-state index contributed by atoms with van der Waals surface area (Å²) in [5.41, 5.74) is 3.96. The molecule has 0 amide bonds. The molecule has 3 heteroatoms. The molecule has 3 aromatic rings. The normalized spacial score (nSPS) is 10.9. The van der Waals surface area contributed by atoms with Gasteiger partial charge in [-0.15, -0.1) is 0 Å². The van der Waals surface area contributed by atoms with E-state index >= 15 is 0 Å². The van der Waals surface area contributed by atoms with Crippen molar-refractivity contribution in [2.75, 3.05) is 13.7 Å². The average Bonchev–Trinajstić information content (AvgIpc) is 2.69. The van der Waals surface area contributed by atoms with Crippen molar-refractivity contribution in [2.24, 2.45) is 0 Å². The Kier molecular flexibility index (Phi) is 6.87. The smallest absolute Gasteiger partial charge is 0.119 e. The molecule has 0 spiro atoms. The summed E-state index contributed by atoms with van der Waals surface area (Å²) in [5, 5.41) is 0. The van der Waals surface area contributed by atoms with Crippen molar-refractivity contribution >= 4 is 15.9 Å². The van der Waals surface area contributed by atoms with Gasteiger partial charge in [0.25, 0.3) is 0 Å². The fourth-order valence-corrected chi connectivity index (χ4v) is 3.49. The Balaban J connectivity index is 1.72. The highest BCUT2D eigenvalue weighted by molar-refractivity contribution is 9.10. The first-order chi connectivity index (χ1) is 12.7. The number of rotatable bonds is 8. The number of ether oxygens (including phenoxy) is 1. The topological polar surface area (TPSA) is 12.5 Å². The zero-order chi connectivity index (χ0) is 18.2. The van der Waals surface area contributed by atoms with Crippen LogP contribution in [0.15, 0.2) is 83.3 Å². The summed E-state index contributed by atoms with van der Waals surface area (Å²) in [6, 6.07) is 27.5. The van der Waals surface area contributed by atoms with Crippen molar-refractivity contribution in [1.29, 1.82) is 0 Å². The van der Waals surface area contributed by atoms with Gasteiger partial charge in [-0.2, -0.15) is 0 Å². The summed E-state index contributed by atoms with van der Waals surface area (Å²) >= 11 is 3.67. The van der Waals surface area contributed by atoms with E-state index < -0.39 is 0 Å². The van der Waals surface area contributed by atoms with Crippen LogP contribution >= 0.6 is 15.9 Å². The molecule has 0 heterocycles. The Labute approximate surface area is 164 Å². The predicted molar refractivity (Wildman–Crippen MR) is 111 cm³/mol. The van der Waals surface area contributed by atoms with Crippen LogP contribution in [0.3, 0.4) is 0 Å². The highest BCUT2D eigenvalue weighted by atomic mass is 79.9. The van der Waals surface area contributed by atoms with Gasteiger partial charge in [0, 0.05) is 24.1 Å². The molecule has 26 heavy (non-hydrogen) atoms. The molecule has 0 saturated heterocycles. The molecule has 0 aromatic heterocycles. The van der Waals surface area contributed by atoms with Gasteiger partial charge in [-0.05, 0) is 41.3 Å². The van der Waals surface area contributed by atoms with E-state index in [1.807, 2.05) is 6.07 Å². The zero-order valence-electron chi connectivity index (χ0n) is 15.1. The maximum absolute atomic E-state index is 5.37. The van der Waals surface area contributed by atoms with Crippen LogP contribution < -0.4 is 4.74 Å². The monoisotopic (exact) mass is 409 g/mol. The first-order valence-corrected chi connectivity index (χ1v) is 9.66. The van der Waals surface area contributed by atoms with Crippen molar-refractivity contribution < 1.29 is 4.74 Å². The quantitative estimate of drug-likeness (QED) is 0.472. The van der Waals surface area contributed by atoms with Gasteiger partial charge in [0.1, 0.15) is 5.75 Å². The summed E-state index contributed by atoms with van der Waals surface area (Å²) in [6.07, 6.45) is 0.970. The van der Waals surface area contributed by atoms with Gasteiger partial charge in [0.15, 0.2) is 0 Å².